The molecule has 5 aromatic rings. The van der Waals surface area contributed by atoms with Crippen molar-refractivity contribution >= 4 is 11.9 Å². The second-order valence-corrected chi connectivity index (χ2v) is 9.34. The number of hydrogen-bond donors (Lipinski definition) is 2. The van der Waals surface area contributed by atoms with Gasteiger partial charge in [0.15, 0.2) is 11.5 Å². The third kappa shape index (κ3) is 6.07. The van der Waals surface area contributed by atoms with Crippen molar-refractivity contribution in [2.24, 2.45) is 0 Å². The van der Waals surface area contributed by atoms with Crippen molar-refractivity contribution in [3.63, 3.8) is 0 Å². The van der Waals surface area contributed by atoms with Crippen molar-refractivity contribution in [1.29, 1.82) is 0 Å². The molecular formula is C31H21F4N3O6. The minimum absolute atomic E-state index is 0.0426. The van der Waals surface area contributed by atoms with Crippen LogP contribution in [0.2, 0.25) is 0 Å². The SMILES string of the molecule is COc1cc(-c2ccc(C(=O)O)cc2)ccc1COc1ccc(F)cc1-c1cccc(-n2ncc(C(=O)O)c2C(F)(F)F)n1. The fourth-order valence-electron chi connectivity index (χ4n) is 4.48. The van der Waals surface area contributed by atoms with Crippen molar-refractivity contribution in [2.45, 2.75) is 12.8 Å². The second-order valence-electron chi connectivity index (χ2n) is 9.34. The van der Waals surface area contributed by atoms with Crippen LogP contribution in [0.15, 0.2) is 85.1 Å². The second kappa shape index (κ2) is 11.9. The summed E-state index contributed by atoms with van der Waals surface area (Å²) in [7, 11) is 1.47. The Balaban J connectivity index is 1.45. The highest BCUT2D eigenvalue weighted by molar-refractivity contribution is 5.89. The van der Waals surface area contributed by atoms with E-state index in [2.05, 4.69) is 10.1 Å². The summed E-state index contributed by atoms with van der Waals surface area (Å²) in [5, 5.41) is 21.9. The van der Waals surface area contributed by atoms with Gasteiger partial charge in [0.25, 0.3) is 0 Å². The van der Waals surface area contributed by atoms with E-state index in [9.17, 15) is 32.3 Å². The Bertz CT molecular complexity index is 1870. The molecule has 0 amide bonds. The van der Waals surface area contributed by atoms with Gasteiger partial charge < -0.3 is 19.7 Å². The van der Waals surface area contributed by atoms with Gasteiger partial charge in [0.1, 0.15) is 29.5 Å². The molecule has 224 valence electrons. The number of ether oxygens (including phenoxy) is 2. The number of hydrogen-bond acceptors (Lipinski definition) is 6. The smallest absolute Gasteiger partial charge is 0.434 e. The third-order valence-corrected chi connectivity index (χ3v) is 6.57. The molecule has 5 rings (SSSR count). The molecule has 0 saturated heterocycles. The van der Waals surface area contributed by atoms with Crippen LogP contribution in [0.1, 0.15) is 32.0 Å². The summed E-state index contributed by atoms with van der Waals surface area (Å²) in [5.74, 6) is -3.22. The number of halogens is 4. The zero-order valence-corrected chi connectivity index (χ0v) is 22.7. The Labute approximate surface area is 246 Å². The van der Waals surface area contributed by atoms with E-state index >= 15 is 0 Å². The number of carbonyl (C=O) groups is 2. The van der Waals surface area contributed by atoms with Gasteiger partial charge in [0, 0.05) is 11.1 Å². The lowest BCUT2D eigenvalue weighted by Crippen LogP contribution is -2.18. The first-order valence-corrected chi connectivity index (χ1v) is 12.8. The van der Waals surface area contributed by atoms with Crippen molar-refractivity contribution in [3.8, 4) is 39.7 Å². The van der Waals surface area contributed by atoms with E-state index in [4.69, 9.17) is 14.6 Å². The van der Waals surface area contributed by atoms with Crippen LogP contribution in [0, 0.1) is 5.82 Å². The number of pyridine rings is 1. The normalized spacial score (nSPS) is 11.3. The summed E-state index contributed by atoms with van der Waals surface area (Å²) in [6, 6.07) is 19.2. The average Bonchev–Trinajstić information content (AvgIpc) is 3.47. The van der Waals surface area contributed by atoms with Gasteiger partial charge in [-0.15, -0.1) is 0 Å². The fraction of sp³-hybridized carbons (Fsp3) is 0.0968. The van der Waals surface area contributed by atoms with Gasteiger partial charge in [-0.1, -0.05) is 30.3 Å². The summed E-state index contributed by atoms with van der Waals surface area (Å²) < 4.78 is 67.5. The van der Waals surface area contributed by atoms with Crippen LogP contribution >= 0.6 is 0 Å². The molecule has 0 aliphatic rings. The highest BCUT2D eigenvalue weighted by Crippen LogP contribution is 2.36. The molecule has 9 nitrogen and oxygen atoms in total. The molecule has 3 aromatic carbocycles. The molecule has 2 aromatic heterocycles. The van der Waals surface area contributed by atoms with Crippen LogP contribution in [-0.2, 0) is 12.8 Å². The number of carboxylic acids is 2. The molecule has 0 atom stereocenters. The molecule has 0 aliphatic carbocycles. The summed E-state index contributed by atoms with van der Waals surface area (Å²) in [4.78, 5) is 26.7. The predicted molar refractivity (Wildman–Crippen MR) is 148 cm³/mol. The number of benzene rings is 3. The third-order valence-electron chi connectivity index (χ3n) is 6.57. The van der Waals surface area contributed by atoms with Crippen molar-refractivity contribution in [2.75, 3.05) is 7.11 Å². The molecule has 2 N–H and O–H groups in total. The van der Waals surface area contributed by atoms with Gasteiger partial charge in [0.2, 0.25) is 0 Å². The van der Waals surface area contributed by atoms with Gasteiger partial charge >= 0.3 is 18.1 Å². The minimum Gasteiger partial charge on any atom is -0.496 e. The van der Waals surface area contributed by atoms with Gasteiger partial charge in [-0.3, -0.25) is 0 Å². The summed E-state index contributed by atoms with van der Waals surface area (Å²) >= 11 is 0. The molecule has 0 radical (unpaired) electrons. The number of aromatic carboxylic acids is 2. The quantitative estimate of drug-likeness (QED) is 0.177. The van der Waals surface area contributed by atoms with E-state index in [1.807, 2.05) is 0 Å². The number of methoxy groups -OCH3 is 1. The first-order valence-electron chi connectivity index (χ1n) is 12.8. The molecule has 44 heavy (non-hydrogen) atoms. The maximum atomic E-state index is 14.4. The first kappa shape index (κ1) is 29.8. The highest BCUT2D eigenvalue weighted by Gasteiger charge is 2.41. The first-order chi connectivity index (χ1) is 21.0. The van der Waals surface area contributed by atoms with Crippen LogP contribution in [-0.4, -0.2) is 44.0 Å². The van der Waals surface area contributed by atoms with E-state index in [0.29, 0.717) is 22.2 Å². The van der Waals surface area contributed by atoms with Crippen molar-refractivity contribution in [3.05, 3.63) is 113 Å². The van der Waals surface area contributed by atoms with E-state index in [-0.39, 0.29) is 35.0 Å². The molecule has 0 spiro atoms. The monoisotopic (exact) mass is 607 g/mol. The van der Waals surface area contributed by atoms with Gasteiger partial charge in [-0.2, -0.15) is 18.3 Å². The van der Waals surface area contributed by atoms with Crippen molar-refractivity contribution < 1.29 is 46.8 Å². The number of nitrogens with zero attached hydrogens (tertiary/aromatic N) is 3. The van der Waals surface area contributed by atoms with Crippen LogP contribution in [0.25, 0.3) is 28.2 Å². The zero-order chi connectivity index (χ0) is 31.6. The maximum absolute atomic E-state index is 14.4. The lowest BCUT2D eigenvalue weighted by atomic mass is 10.0. The Morgan fingerprint density at radius 3 is 2.27 bits per heavy atom. The fourth-order valence-corrected chi connectivity index (χ4v) is 4.48. The molecule has 0 fully saturated rings. The van der Waals surface area contributed by atoms with Crippen LogP contribution < -0.4 is 9.47 Å². The highest BCUT2D eigenvalue weighted by atomic mass is 19.4. The van der Waals surface area contributed by atoms with Gasteiger partial charge in [0.05, 0.1) is 24.6 Å². The molecule has 13 heteroatoms. The lowest BCUT2D eigenvalue weighted by Gasteiger charge is -2.15. The molecule has 0 saturated carbocycles. The zero-order valence-electron chi connectivity index (χ0n) is 22.7. The topological polar surface area (TPSA) is 124 Å². The van der Waals surface area contributed by atoms with Crippen LogP contribution in [0.3, 0.4) is 0 Å². The summed E-state index contributed by atoms with van der Waals surface area (Å²) in [5.41, 5.74) is -0.109. The minimum atomic E-state index is -5.05. The van der Waals surface area contributed by atoms with E-state index in [1.54, 1.807) is 30.3 Å². The lowest BCUT2D eigenvalue weighted by molar-refractivity contribution is -0.143. The number of alkyl halides is 3. The predicted octanol–water partition coefficient (Wildman–Crippen LogP) is 6.74. The van der Waals surface area contributed by atoms with Crippen LogP contribution in [0.5, 0.6) is 11.5 Å². The molecule has 0 bridgehead atoms. The number of aromatic nitrogens is 3. The average molecular weight is 608 g/mol. The van der Waals surface area contributed by atoms with Gasteiger partial charge in [-0.05, 0) is 59.7 Å². The van der Waals surface area contributed by atoms with Gasteiger partial charge in [-0.25, -0.2) is 23.6 Å². The Kier molecular flexibility index (Phi) is 8.03. The Morgan fingerprint density at radius 2 is 1.61 bits per heavy atom. The Hall–Kier alpha value is -5.72. The van der Waals surface area contributed by atoms with Crippen molar-refractivity contribution in [1.82, 2.24) is 14.8 Å². The standard InChI is InChI=1S/C31H21F4N3O6/c1-43-26-13-19(17-5-7-18(8-6-17)29(39)40)9-10-20(26)16-44-25-12-11-21(32)14-22(25)24-3-2-4-27(37-24)38-28(31(33,34)35)23(15-36-38)30(41)42/h2-15H,16H2,1H3,(H,39,40)(H,41,42). The molecule has 0 unspecified atom stereocenters. The summed E-state index contributed by atoms with van der Waals surface area (Å²) in [6.07, 6.45) is -4.47. The Morgan fingerprint density at radius 1 is 0.886 bits per heavy atom. The van der Waals surface area contributed by atoms with E-state index < -0.39 is 35.2 Å². The molecular weight excluding hydrogens is 586 g/mol. The maximum Gasteiger partial charge on any atom is 0.434 e. The van der Waals surface area contributed by atoms with Crippen LogP contribution in [0.4, 0.5) is 17.6 Å². The largest absolute Gasteiger partial charge is 0.496 e. The van der Waals surface area contributed by atoms with E-state index in [0.717, 1.165) is 23.3 Å². The molecule has 2 heterocycles. The summed E-state index contributed by atoms with van der Waals surface area (Å²) in [6.45, 7) is -0.0426. The number of carboxylic acid groups (broad SMARTS) is 2. The molecule has 0 aliphatic heterocycles. The number of rotatable bonds is 9. The van der Waals surface area contributed by atoms with E-state index in [1.165, 1.54) is 43.5 Å².